The number of aryl methyl sites for hydroxylation is 1. The molecule has 0 bridgehead atoms. The van der Waals surface area contributed by atoms with E-state index in [4.69, 9.17) is 0 Å². The van der Waals surface area contributed by atoms with Gasteiger partial charge in [-0.2, -0.15) is 8.78 Å². The van der Waals surface area contributed by atoms with Crippen LogP contribution in [0.25, 0.3) is 0 Å². The van der Waals surface area contributed by atoms with Gasteiger partial charge in [0.1, 0.15) is 5.75 Å². The lowest BCUT2D eigenvalue weighted by atomic mass is 10.1. The molecular weight excluding hydrogens is 364 g/mol. The Morgan fingerprint density at radius 2 is 1.79 bits per heavy atom. The summed E-state index contributed by atoms with van der Waals surface area (Å²) < 4.78 is 29.4. The van der Waals surface area contributed by atoms with E-state index in [1.807, 2.05) is 0 Å². The highest BCUT2D eigenvalue weighted by atomic mass is 19.3. The number of anilines is 1. The summed E-state index contributed by atoms with van der Waals surface area (Å²) >= 11 is 0. The standard InChI is InChI=1S/C21H25F2N3O2/c1-16-5-4-6-17(13-16)14-25-9-11-26(12-10-25)15-20(27)24-18-7-2-3-8-19(18)28-21(22)23/h2-8,13,21H,9-12,14-15H2,1H3,(H,24,27). The highest BCUT2D eigenvalue weighted by Gasteiger charge is 2.20. The van der Waals surface area contributed by atoms with E-state index in [1.54, 1.807) is 18.2 Å². The molecule has 0 atom stereocenters. The number of amides is 1. The van der Waals surface area contributed by atoms with E-state index in [0.29, 0.717) is 0 Å². The number of piperazine rings is 1. The molecule has 5 nitrogen and oxygen atoms in total. The van der Waals surface area contributed by atoms with Gasteiger partial charge < -0.3 is 10.1 Å². The predicted molar refractivity (Wildman–Crippen MR) is 105 cm³/mol. The smallest absolute Gasteiger partial charge is 0.387 e. The molecule has 1 aliphatic heterocycles. The molecule has 3 rings (SSSR count). The minimum Gasteiger partial charge on any atom is -0.433 e. The minimum atomic E-state index is -2.93. The van der Waals surface area contributed by atoms with Gasteiger partial charge in [0.2, 0.25) is 5.91 Å². The number of benzene rings is 2. The van der Waals surface area contributed by atoms with Crippen molar-refractivity contribution in [3.05, 3.63) is 59.7 Å². The minimum absolute atomic E-state index is 0.0335. The third kappa shape index (κ3) is 6.00. The Labute approximate surface area is 163 Å². The van der Waals surface area contributed by atoms with Crippen molar-refractivity contribution in [2.75, 3.05) is 38.0 Å². The Balaban J connectivity index is 1.46. The van der Waals surface area contributed by atoms with Gasteiger partial charge in [0.15, 0.2) is 0 Å². The maximum Gasteiger partial charge on any atom is 0.387 e. The van der Waals surface area contributed by atoms with E-state index in [9.17, 15) is 13.6 Å². The second-order valence-corrected chi connectivity index (χ2v) is 6.96. The number of carbonyl (C=O) groups is 1. The zero-order chi connectivity index (χ0) is 19.9. The number of carbonyl (C=O) groups excluding carboxylic acids is 1. The Kier molecular flexibility index (Phi) is 6.95. The average Bonchev–Trinajstić information content (AvgIpc) is 2.65. The van der Waals surface area contributed by atoms with E-state index in [-0.39, 0.29) is 23.9 Å². The largest absolute Gasteiger partial charge is 0.433 e. The van der Waals surface area contributed by atoms with Gasteiger partial charge in [-0.1, -0.05) is 42.0 Å². The fourth-order valence-corrected chi connectivity index (χ4v) is 3.34. The number of ether oxygens (including phenoxy) is 1. The molecule has 1 saturated heterocycles. The van der Waals surface area contributed by atoms with Crippen molar-refractivity contribution < 1.29 is 18.3 Å². The third-order valence-corrected chi connectivity index (χ3v) is 4.70. The molecule has 150 valence electrons. The van der Waals surface area contributed by atoms with Gasteiger partial charge in [-0.15, -0.1) is 0 Å². The first-order valence-corrected chi connectivity index (χ1v) is 9.33. The second kappa shape index (κ2) is 9.61. The van der Waals surface area contributed by atoms with Crippen molar-refractivity contribution in [1.82, 2.24) is 9.80 Å². The van der Waals surface area contributed by atoms with Crippen molar-refractivity contribution in [1.29, 1.82) is 0 Å². The Morgan fingerprint density at radius 3 is 2.50 bits per heavy atom. The molecule has 0 aliphatic carbocycles. The van der Waals surface area contributed by atoms with E-state index in [2.05, 4.69) is 51.0 Å². The van der Waals surface area contributed by atoms with E-state index >= 15 is 0 Å². The molecular formula is C21H25F2N3O2. The molecule has 1 N–H and O–H groups in total. The first-order chi connectivity index (χ1) is 13.5. The summed E-state index contributed by atoms with van der Waals surface area (Å²) in [6.07, 6.45) is 0. The summed E-state index contributed by atoms with van der Waals surface area (Å²) in [5, 5.41) is 2.67. The van der Waals surface area contributed by atoms with Crippen molar-refractivity contribution in [2.45, 2.75) is 20.1 Å². The molecule has 0 spiro atoms. The van der Waals surface area contributed by atoms with Gasteiger partial charge in [-0.25, -0.2) is 0 Å². The molecule has 1 aliphatic rings. The fraction of sp³-hybridized carbons (Fsp3) is 0.381. The molecule has 0 radical (unpaired) electrons. The van der Waals surface area contributed by atoms with Crippen LogP contribution >= 0.6 is 0 Å². The average molecular weight is 389 g/mol. The van der Waals surface area contributed by atoms with Crippen LogP contribution in [-0.4, -0.2) is 55.0 Å². The first-order valence-electron chi connectivity index (χ1n) is 9.33. The van der Waals surface area contributed by atoms with Gasteiger partial charge in [-0.3, -0.25) is 14.6 Å². The molecule has 0 aromatic heterocycles. The lowest BCUT2D eigenvalue weighted by Gasteiger charge is -2.34. The van der Waals surface area contributed by atoms with Crippen molar-refractivity contribution in [2.24, 2.45) is 0 Å². The summed E-state index contributed by atoms with van der Waals surface area (Å²) in [5.74, 6) is -0.272. The number of hydrogen-bond donors (Lipinski definition) is 1. The van der Waals surface area contributed by atoms with Crippen molar-refractivity contribution in [3.8, 4) is 5.75 Å². The Bertz CT molecular complexity index is 793. The molecule has 1 fully saturated rings. The molecule has 1 amide bonds. The lowest BCUT2D eigenvalue weighted by Crippen LogP contribution is -2.48. The highest BCUT2D eigenvalue weighted by Crippen LogP contribution is 2.25. The van der Waals surface area contributed by atoms with Crippen LogP contribution in [0.5, 0.6) is 5.75 Å². The fourth-order valence-electron chi connectivity index (χ4n) is 3.34. The topological polar surface area (TPSA) is 44.8 Å². The van der Waals surface area contributed by atoms with Gasteiger partial charge in [0.25, 0.3) is 0 Å². The van der Waals surface area contributed by atoms with Crippen LogP contribution in [-0.2, 0) is 11.3 Å². The third-order valence-electron chi connectivity index (χ3n) is 4.70. The summed E-state index contributed by atoms with van der Waals surface area (Å²) in [7, 11) is 0. The zero-order valence-corrected chi connectivity index (χ0v) is 15.9. The number of nitrogens with one attached hydrogen (secondary N) is 1. The van der Waals surface area contributed by atoms with E-state index < -0.39 is 6.61 Å². The quantitative estimate of drug-likeness (QED) is 0.789. The number of hydrogen-bond acceptors (Lipinski definition) is 4. The van der Waals surface area contributed by atoms with E-state index in [1.165, 1.54) is 17.2 Å². The van der Waals surface area contributed by atoms with Crippen LogP contribution in [0.3, 0.4) is 0 Å². The van der Waals surface area contributed by atoms with Gasteiger partial charge in [0, 0.05) is 32.7 Å². The number of alkyl halides is 2. The normalized spacial score (nSPS) is 15.6. The van der Waals surface area contributed by atoms with Crippen molar-refractivity contribution in [3.63, 3.8) is 0 Å². The summed E-state index contributed by atoms with van der Waals surface area (Å²) in [5.41, 5.74) is 2.80. The molecule has 0 unspecified atom stereocenters. The number of para-hydroxylation sites is 2. The van der Waals surface area contributed by atoms with Crippen molar-refractivity contribution >= 4 is 11.6 Å². The molecule has 28 heavy (non-hydrogen) atoms. The summed E-state index contributed by atoms with van der Waals surface area (Å²) in [6, 6.07) is 14.7. The molecule has 0 saturated carbocycles. The zero-order valence-electron chi connectivity index (χ0n) is 15.9. The van der Waals surface area contributed by atoms with Crippen LogP contribution in [0.4, 0.5) is 14.5 Å². The number of nitrogens with zero attached hydrogens (tertiary/aromatic N) is 2. The Hall–Kier alpha value is -2.51. The van der Waals surface area contributed by atoms with Crippen LogP contribution in [0.1, 0.15) is 11.1 Å². The van der Waals surface area contributed by atoms with E-state index in [0.717, 1.165) is 32.7 Å². The predicted octanol–water partition coefficient (Wildman–Crippen LogP) is 3.35. The SMILES string of the molecule is Cc1cccc(CN2CCN(CC(=O)Nc3ccccc3OC(F)F)CC2)c1. The summed E-state index contributed by atoms with van der Waals surface area (Å²) in [4.78, 5) is 16.8. The van der Waals surface area contributed by atoms with Crippen LogP contribution in [0.15, 0.2) is 48.5 Å². The molecule has 1 heterocycles. The number of halogens is 2. The second-order valence-electron chi connectivity index (χ2n) is 6.96. The highest BCUT2D eigenvalue weighted by molar-refractivity contribution is 5.93. The maximum atomic E-state index is 12.5. The molecule has 2 aromatic carbocycles. The number of rotatable bonds is 7. The van der Waals surface area contributed by atoms with Gasteiger partial charge >= 0.3 is 6.61 Å². The first kappa shape index (κ1) is 20.2. The maximum absolute atomic E-state index is 12.5. The molecule has 7 heteroatoms. The van der Waals surface area contributed by atoms with Gasteiger partial charge in [-0.05, 0) is 24.6 Å². The summed E-state index contributed by atoms with van der Waals surface area (Å²) in [6.45, 7) is 3.62. The van der Waals surface area contributed by atoms with Crippen LogP contribution in [0, 0.1) is 6.92 Å². The monoisotopic (exact) mass is 389 g/mol. The van der Waals surface area contributed by atoms with Crippen LogP contribution < -0.4 is 10.1 Å². The lowest BCUT2D eigenvalue weighted by molar-refractivity contribution is -0.117. The van der Waals surface area contributed by atoms with Gasteiger partial charge in [0.05, 0.1) is 12.2 Å². The Morgan fingerprint density at radius 1 is 1.07 bits per heavy atom. The molecule has 2 aromatic rings. The van der Waals surface area contributed by atoms with Crippen LogP contribution in [0.2, 0.25) is 0 Å².